The molecule has 0 aliphatic heterocycles. The van der Waals surface area contributed by atoms with E-state index in [1.807, 2.05) is 0 Å². The van der Waals surface area contributed by atoms with Crippen LogP contribution in [0.15, 0.2) is 35.5 Å². The van der Waals surface area contributed by atoms with Crippen molar-refractivity contribution < 1.29 is 8.78 Å². The van der Waals surface area contributed by atoms with Crippen molar-refractivity contribution in [1.82, 2.24) is 0 Å². The van der Waals surface area contributed by atoms with Gasteiger partial charge in [0.1, 0.15) is 11.7 Å². The third kappa shape index (κ3) is 2.51. The molecule has 0 aromatic rings. The molecular weight excluding hydrogens is 170 g/mol. The summed E-state index contributed by atoms with van der Waals surface area (Å²) in [6.07, 6.45) is 4.67. The molecule has 0 spiro atoms. The van der Waals surface area contributed by atoms with Gasteiger partial charge >= 0.3 is 0 Å². The van der Waals surface area contributed by atoms with Crippen molar-refractivity contribution >= 4 is 0 Å². The summed E-state index contributed by atoms with van der Waals surface area (Å²) in [7, 11) is 0. The molecule has 0 aromatic carbocycles. The lowest BCUT2D eigenvalue weighted by atomic mass is 9.88. The second kappa shape index (κ2) is 3.44. The molecule has 72 valence electrons. The molecule has 1 rings (SSSR count). The summed E-state index contributed by atoms with van der Waals surface area (Å²) < 4.78 is 26.5. The fraction of sp³-hybridized carbons (Fsp3) is 0.455. The molecule has 0 radical (unpaired) electrons. The molecule has 0 aromatic heterocycles. The lowest BCUT2D eigenvalue weighted by Crippen LogP contribution is -2.09. The highest BCUT2D eigenvalue weighted by Crippen LogP contribution is 2.33. The summed E-state index contributed by atoms with van der Waals surface area (Å²) in [5.41, 5.74) is 0.0146. The third-order valence-electron chi connectivity index (χ3n) is 2.09. The number of hydrogen-bond donors (Lipinski definition) is 0. The molecule has 0 atom stereocenters. The van der Waals surface area contributed by atoms with E-state index in [4.69, 9.17) is 0 Å². The zero-order valence-electron chi connectivity index (χ0n) is 8.20. The van der Waals surface area contributed by atoms with Crippen molar-refractivity contribution in [1.29, 1.82) is 0 Å². The van der Waals surface area contributed by atoms with Crippen LogP contribution in [0.4, 0.5) is 8.78 Å². The maximum atomic E-state index is 13.4. The second-order valence-corrected chi connectivity index (χ2v) is 4.02. The average molecular weight is 184 g/mol. The van der Waals surface area contributed by atoms with Gasteiger partial charge in [0.25, 0.3) is 0 Å². The Hall–Kier alpha value is -0.920. The topological polar surface area (TPSA) is 0 Å². The van der Waals surface area contributed by atoms with E-state index >= 15 is 0 Å². The van der Waals surface area contributed by atoms with Crippen LogP contribution in [0.3, 0.4) is 0 Å². The van der Waals surface area contributed by atoms with Gasteiger partial charge in [-0.15, -0.1) is 0 Å². The highest BCUT2D eigenvalue weighted by molar-refractivity contribution is 5.27. The highest BCUT2D eigenvalue weighted by Gasteiger charge is 2.22. The lowest BCUT2D eigenvalue weighted by Gasteiger charge is -2.19. The summed E-state index contributed by atoms with van der Waals surface area (Å²) in [6, 6.07) is 0. The van der Waals surface area contributed by atoms with Gasteiger partial charge in [0, 0.05) is 11.8 Å². The first kappa shape index (κ1) is 10.2. The molecule has 13 heavy (non-hydrogen) atoms. The van der Waals surface area contributed by atoms with Crippen molar-refractivity contribution in [3.8, 4) is 0 Å². The number of rotatable bonds is 0. The second-order valence-electron chi connectivity index (χ2n) is 4.02. The number of allylic oxidation sites excluding steroid dienone is 6. The van der Waals surface area contributed by atoms with Crippen LogP contribution in [-0.4, -0.2) is 0 Å². The van der Waals surface area contributed by atoms with Gasteiger partial charge in [-0.25, -0.2) is 8.78 Å². The summed E-state index contributed by atoms with van der Waals surface area (Å²) in [4.78, 5) is 0. The zero-order chi connectivity index (χ0) is 10.1. The van der Waals surface area contributed by atoms with Crippen molar-refractivity contribution in [3.05, 3.63) is 35.5 Å². The smallest absolute Gasteiger partial charge is 0.109 e. The zero-order valence-corrected chi connectivity index (χ0v) is 8.20. The first-order chi connectivity index (χ1) is 5.92. The molecule has 0 fully saturated rings. The van der Waals surface area contributed by atoms with E-state index in [9.17, 15) is 8.78 Å². The molecule has 1 aliphatic carbocycles. The Morgan fingerprint density at radius 3 is 2.46 bits per heavy atom. The lowest BCUT2D eigenvalue weighted by molar-refractivity contribution is 0.415. The molecule has 1 aliphatic rings. The van der Waals surface area contributed by atoms with Crippen LogP contribution < -0.4 is 0 Å². The minimum absolute atomic E-state index is 0.262. The third-order valence-corrected chi connectivity index (χ3v) is 2.09. The van der Waals surface area contributed by atoms with Crippen molar-refractivity contribution in [2.75, 3.05) is 0 Å². The molecule has 0 unspecified atom stereocenters. The number of hydrogen-bond acceptors (Lipinski definition) is 0. The van der Waals surface area contributed by atoms with Gasteiger partial charge in [-0.05, 0) is 32.9 Å². The SMILES string of the molecule is CC1=CC=C(F)C(C)(C)C=C(F)C1. The Morgan fingerprint density at radius 2 is 1.85 bits per heavy atom. The van der Waals surface area contributed by atoms with E-state index in [2.05, 4.69) is 0 Å². The van der Waals surface area contributed by atoms with Gasteiger partial charge in [0.15, 0.2) is 0 Å². The van der Waals surface area contributed by atoms with Crippen LogP contribution >= 0.6 is 0 Å². The Labute approximate surface area is 77.6 Å². The Kier molecular flexibility index (Phi) is 2.69. The fourth-order valence-corrected chi connectivity index (χ4v) is 1.27. The summed E-state index contributed by atoms with van der Waals surface area (Å²) in [5, 5.41) is 0. The van der Waals surface area contributed by atoms with E-state index in [1.54, 1.807) is 26.8 Å². The Bertz CT molecular complexity index is 293. The first-order valence-electron chi connectivity index (χ1n) is 4.32. The normalized spacial score (nSPS) is 22.4. The van der Waals surface area contributed by atoms with Crippen LogP contribution in [0.1, 0.15) is 27.2 Å². The highest BCUT2D eigenvalue weighted by atomic mass is 19.1. The van der Waals surface area contributed by atoms with Crippen molar-refractivity contribution in [2.45, 2.75) is 27.2 Å². The summed E-state index contributed by atoms with van der Waals surface area (Å²) in [5.74, 6) is -0.566. The Morgan fingerprint density at radius 1 is 1.23 bits per heavy atom. The van der Waals surface area contributed by atoms with Gasteiger partial charge < -0.3 is 0 Å². The minimum Gasteiger partial charge on any atom is -0.212 e. The predicted molar refractivity (Wildman–Crippen MR) is 50.5 cm³/mol. The van der Waals surface area contributed by atoms with Gasteiger partial charge in [-0.2, -0.15) is 0 Å². The van der Waals surface area contributed by atoms with Crippen LogP contribution in [0.5, 0.6) is 0 Å². The van der Waals surface area contributed by atoms with E-state index in [-0.39, 0.29) is 18.1 Å². The van der Waals surface area contributed by atoms with Crippen LogP contribution in [0.2, 0.25) is 0 Å². The molecule has 0 N–H and O–H groups in total. The first-order valence-corrected chi connectivity index (χ1v) is 4.32. The van der Waals surface area contributed by atoms with E-state index in [0.717, 1.165) is 5.57 Å². The summed E-state index contributed by atoms with van der Waals surface area (Å²) in [6.45, 7) is 5.11. The van der Waals surface area contributed by atoms with Gasteiger partial charge in [-0.3, -0.25) is 0 Å². The number of halogens is 2. The van der Waals surface area contributed by atoms with Gasteiger partial charge in [0.05, 0.1) is 0 Å². The minimum atomic E-state index is -0.818. The molecule has 0 nitrogen and oxygen atoms in total. The monoisotopic (exact) mass is 184 g/mol. The predicted octanol–water partition coefficient (Wildman–Crippen LogP) is 4.07. The standard InChI is InChI=1S/C11H14F2/c1-8-4-5-10(13)11(2,3)7-9(12)6-8/h4-5,7H,6H2,1-3H3. The van der Waals surface area contributed by atoms with E-state index in [1.165, 1.54) is 12.2 Å². The van der Waals surface area contributed by atoms with Crippen LogP contribution in [-0.2, 0) is 0 Å². The fourth-order valence-electron chi connectivity index (χ4n) is 1.27. The van der Waals surface area contributed by atoms with Crippen LogP contribution in [0.25, 0.3) is 0 Å². The van der Waals surface area contributed by atoms with Crippen molar-refractivity contribution in [2.24, 2.45) is 5.41 Å². The molecule has 0 bridgehead atoms. The molecular formula is C11H14F2. The largest absolute Gasteiger partial charge is 0.212 e. The molecule has 2 heteroatoms. The Balaban J connectivity index is 3.12. The molecule has 0 saturated heterocycles. The molecule has 0 amide bonds. The van der Waals surface area contributed by atoms with Gasteiger partial charge in [-0.1, -0.05) is 11.6 Å². The van der Waals surface area contributed by atoms with Crippen molar-refractivity contribution in [3.63, 3.8) is 0 Å². The quantitative estimate of drug-likeness (QED) is 0.532. The maximum absolute atomic E-state index is 13.4. The summed E-state index contributed by atoms with van der Waals surface area (Å²) >= 11 is 0. The molecule has 0 heterocycles. The molecule has 0 saturated carbocycles. The van der Waals surface area contributed by atoms with E-state index < -0.39 is 5.41 Å². The average Bonchev–Trinajstić information content (AvgIpc) is 1.97. The van der Waals surface area contributed by atoms with Gasteiger partial charge in [0.2, 0.25) is 0 Å². The maximum Gasteiger partial charge on any atom is 0.109 e. The van der Waals surface area contributed by atoms with Crippen LogP contribution in [0, 0.1) is 5.41 Å². The van der Waals surface area contributed by atoms with E-state index in [0.29, 0.717) is 0 Å².